The number of carbonyl (C=O) groups excluding carboxylic acids is 1. The van der Waals surface area contributed by atoms with Crippen LogP contribution >= 0.6 is 9.24 Å². The molecule has 0 N–H and O–H groups in total. The quantitative estimate of drug-likeness (QED) is 0.603. The molecule has 0 aromatic heterocycles. The van der Waals surface area contributed by atoms with Crippen LogP contribution in [0.3, 0.4) is 0 Å². The van der Waals surface area contributed by atoms with E-state index in [0.717, 1.165) is 76.3 Å². The van der Waals surface area contributed by atoms with Gasteiger partial charge in [0.15, 0.2) is 0 Å². The van der Waals surface area contributed by atoms with Crippen LogP contribution < -0.4 is 10.2 Å². The molecule has 5 nitrogen and oxygen atoms in total. The van der Waals surface area contributed by atoms with Crippen molar-refractivity contribution < 1.29 is 9.53 Å². The largest absolute Gasteiger partial charge is 0.381 e. The molecule has 0 saturated carbocycles. The Kier molecular flexibility index (Phi) is 7.96. The molecule has 1 atom stereocenters. The van der Waals surface area contributed by atoms with E-state index in [2.05, 4.69) is 61.5 Å². The molecule has 2 aromatic carbocycles. The molecular formula is C26H36N3O2P. The van der Waals surface area contributed by atoms with E-state index in [1.165, 1.54) is 5.56 Å². The van der Waals surface area contributed by atoms with Gasteiger partial charge in [0.1, 0.15) is 0 Å². The second kappa shape index (κ2) is 10.9. The normalized spacial score (nSPS) is 19.6. The van der Waals surface area contributed by atoms with Crippen LogP contribution in [0.4, 0.5) is 5.69 Å². The molecule has 4 rings (SSSR count). The Labute approximate surface area is 194 Å². The van der Waals surface area contributed by atoms with E-state index in [-0.39, 0.29) is 11.4 Å². The van der Waals surface area contributed by atoms with Gasteiger partial charge in [0, 0.05) is 64.4 Å². The van der Waals surface area contributed by atoms with Crippen molar-refractivity contribution in [1.82, 2.24) is 9.80 Å². The number of anilines is 1. The highest BCUT2D eigenvalue weighted by molar-refractivity contribution is 7.28. The standard InChI is InChI=1S/C26H36N3O2P/c1-2-25(30)29(23-10-6-7-11-24(23)32)21-26(12-18-31-19-13-26)28-16-14-27(15-17-28)20-22-8-4-3-5-9-22/h3-11H,2,12-21,32H2,1H3. The van der Waals surface area contributed by atoms with Gasteiger partial charge in [0.2, 0.25) is 5.91 Å². The van der Waals surface area contributed by atoms with Gasteiger partial charge in [-0.15, -0.1) is 9.24 Å². The number of rotatable bonds is 7. The van der Waals surface area contributed by atoms with E-state index >= 15 is 0 Å². The lowest BCUT2D eigenvalue weighted by Crippen LogP contribution is -2.63. The van der Waals surface area contributed by atoms with E-state index in [1.807, 2.05) is 24.0 Å². The summed E-state index contributed by atoms with van der Waals surface area (Å²) in [5, 5.41) is 1.07. The van der Waals surface area contributed by atoms with Crippen LogP contribution in [0.15, 0.2) is 54.6 Å². The minimum Gasteiger partial charge on any atom is -0.381 e. The number of benzene rings is 2. The maximum Gasteiger partial charge on any atom is 0.226 e. The third kappa shape index (κ3) is 5.40. The average molecular weight is 454 g/mol. The van der Waals surface area contributed by atoms with Gasteiger partial charge in [-0.1, -0.05) is 55.5 Å². The summed E-state index contributed by atoms with van der Waals surface area (Å²) in [4.78, 5) is 20.3. The number of hydrogen-bond acceptors (Lipinski definition) is 4. The molecule has 0 spiro atoms. The number of hydrogen-bond donors (Lipinski definition) is 0. The van der Waals surface area contributed by atoms with Crippen LogP contribution in [-0.2, 0) is 16.1 Å². The maximum atomic E-state index is 13.1. The van der Waals surface area contributed by atoms with Gasteiger partial charge in [0.05, 0.1) is 5.69 Å². The van der Waals surface area contributed by atoms with Gasteiger partial charge in [-0.3, -0.25) is 14.6 Å². The number of carbonyl (C=O) groups is 1. The fourth-order valence-corrected chi connectivity index (χ4v) is 5.44. The predicted octanol–water partition coefficient (Wildman–Crippen LogP) is 3.30. The summed E-state index contributed by atoms with van der Waals surface area (Å²) >= 11 is 0. The van der Waals surface area contributed by atoms with Crippen molar-refractivity contribution in [2.45, 2.75) is 38.3 Å². The van der Waals surface area contributed by atoms with E-state index in [1.54, 1.807) is 0 Å². The van der Waals surface area contributed by atoms with Crippen molar-refractivity contribution in [2.24, 2.45) is 0 Å². The first-order valence-electron chi connectivity index (χ1n) is 11.9. The van der Waals surface area contributed by atoms with Gasteiger partial charge in [-0.05, 0) is 29.8 Å². The number of amides is 1. The summed E-state index contributed by atoms with van der Waals surface area (Å²) in [5.74, 6) is 0.188. The van der Waals surface area contributed by atoms with Crippen molar-refractivity contribution >= 4 is 26.1 Å². The van der Waals surface area contributed by atoms with E-state index in [4.69, 9.17) is 4.74 Å². The minimum atomic E-state index is -0.0329. The third-order valence-corrected chi connectivity index (χ3v) is 7.49. The molecule has 2 aromatic rings. The Hall–Kier alpha value is -1.78. The zero-order valence-electron chi connectivity index (χ0n) is 19.2. The number of ether oxygens (including phenoxy) is 1. The molecule has 32 heavy (non-hydrogen) atoms. The zero-order valence-corrected chi connectivity index (χ0v) is 20.4. The highest BCUT2D eigenvalue weighted by atomic mass is 31.0. The van der Waals surface area contributed by atoms with Gasteiger partial charge < -0.3 is 9.64 Å². The summed E-state index contributed by atoms with van der Waals surface area (Å²) in [6, 6.07) is 18.9. The van der Waals surface area contributed by atoms with E-state index < -0.39 is 0 Å². The van der Waals surface area contributed by atoms with E-state index in [0.29, 0.717) is 6.42 Å². The van der Waals surface area contributed by atoms with Crippen molar-refractivity contribution in [3.8, 4) is 0 Å². The first-order valence-corrected chi connectivity index (χ1v) is 12.4. The van der Waals surface area contributed by atoms with Crippen molar-refractivity contribution in [2.75, 3.05) is 50.8 Å². The summed E-state index contributed by atoms with van der Waals surface area (Å²) in [7, 11) is 2.80. The van der Waals surface area contributed by atoms with Crippen LogP contribution in [0.25, 0.3) is 0 Å². The van der Waals surface area contributed by atoms with Gasteiger partial charge >= 0.3 is 0 Å². The molecule has 1 amide bonds. The third-order valence-electron chi connectivity index (χ3n) is 7.00. The molecule has 0 aliphatic carbocycles. The van der Waals surface area contributed by atoms with Crippen LogP contribution in [-0.4, -0.2) is 67.2 Å². The molecule has 2 aliphatic rings. The van der Waals surface area contributed by atoms with Crippen molar-refractivity contribution in [3.05, 3.63) is 60.2 Å². The van der Waals surface area contributed by atoms with Crippen LogP contribution in [0.5, 0.6) is 0 Å². The summed E-state index contributed by atoms with van der Waals surface area (Å²) in [5.41, 5.74) is 2.35. The second-order valence-electron chi connectivity index (χ2n) is 8.98. The Morgan fingerprint density at radius 2 is 1.66 bits per heavy atom. The number of para-hydroxylation sites is 1. The van der Waals surface area contributed by atoms with Gasteiger partial charge in [0.25, 0.3) is 0 Å². The Morgan fingerprint density at radius 1 is 1.00 bits per heavy atom. The van der Waals surface area contributed by atoms with Crippen LogP contribution in [0.2, 0.25) is 0 Å². The highest BCUT2D eigenvalue weighted by Crippen LogP contribution is 2.32. The molecular weight excluding hydrogens is 417 g/mol. The Balaban J connectivity index is 1.51. The fourth-order valence-electron chi connectivity index (χ4n) is 5.07. The predicted molar refractivity (Wildman–Crippen MR) is 135 cm³/mol. The summed E-state index contributed by atoms with van der Waals surface area (Å²) in [6.45, 7) is 9.40. The van der Waals surface area contributed by atoms with Gasteiger partial charge in [-0.2, -0.15) is 0 Å². The smallest absolute Gasteiger partial charge is 0.226 e. The molecule has 1 unspecified atom stereocenters. The summed E-state index contributed by atoms with van der Waals surface area (Å²) < 4.78 is 5.77. The highest BCUT2D eigenvalue weighted by Gasteiger charge is 2.42. The topological polar surface area (TPSA) is 36.0 Å². The first kappa shape index (κ1) is 23.4. The molecule has 2 heterocycles. The molecule has 172 valence electrons. The zero-order chi connectivity index (χ0) is 22.4. The first-order chi connectivity index (χ1) is 15.6. The van der Waals surface area contributed by atoms with Crippen molar-refractivity contribution in [3.63, 3.8) is 0 Å². The lowest BCUT2D eigenvalue weighted by atomic mass is 9.86. The number of piperazine rings is 1. The van der Waals surface area contributed by atoms with E-state index in [9.17, 15) is 4.79 Å². The van der Waals surface area contributed by atoms with Gasteiger partial charge in [-0.25, -0.2) is 0 Å². The summed E-state index contributed by atoms with van der Waals surface area (Å²) in [6.07, 6.45) is 2.45. The molecule has 6 heteroatoms. The molecule has 2 fully saturated rings. The molecule has 2 saturated heterocycles. The van der Waals surface area contributed by atoms with Crippen molar-refractivity contribution in [1.29, 1.82) is 0 Å². The molecule has 0 radical (unpaired) electrons. The average Bonchev–Trinajstić information content (AvgIpc) is 2.84. The van der Waals surface area contributed by atoms with Crippen LogP contribution in [0, 0.1) is 0 Å². The minimum absolute atomic E-state index is 0.0329. The molecule has 2 aliphatic heterocycles. The molecule has 0 bridgehead atoms. The Bertz CT molecular complexity index is 878. The Morgan fingerprint density at radius 3 is 2.31 bits per heavy atom. The monoisotopic (exact) mass is 453 g/mol. The lowest BCUT2D eigenvalue weighted by Gasteiger charge is -2.51. The second-order valence-corrected chi connectivity index (χ2v) is 9.60. The van der Waals surface area contributed by atoms with Crippen LogP contribution in [0.1, 0.15) is 31.7 Å². The number of nitrogens with zero attached hydrogens (tertiary/aromatic N) is 3. The maximum absolute atomic E-state index is 13.1. The SMILES string of the molecule is CCC(=O)N(CC1(N2CCN(Cc3ccccc3)CC2)CCOCC1)c1ccccc1P. The lowest BCUT2D eigenvalue weighted by molar-refractivity contribution is -0.119. The fraction of sp³-hybridized carbons (Fsp3) is 0.500.